The van der Waals surface area contributed by atoms with Gasteiger partial charge in [-0.15, -0.1) is 0 Å². The molecule has 0 heterocycles. The third-order valence-corrected chi connectivity index (χ3v) is 3.34. The molecule has 1 rings (SSSR count). The SMILES string of the molecule is CCCCCC(CNCC)Cc1ccc(F)cc1. The van der Waals surface area contributed by atoms with Gasteiger partial charge in [0.15, 0.2) is 0 Å². The van der Waals surface area contributed by atoms with Crippen molar-refractivity contribution in [2.24, 2.45) is 5.92 Å². The van der Waals surface area contributed by atoms with Gasteiger partial charge in [0.2, 0.25) is 0 Å². The maximum Gasteiger partial charge on any atom is 0.123 e. The van der Waals surface area contributed by atoms with Gasteiger partial charge in [-0.3, -0.25) is 0 Å². The first-order valence-corrected chi connectivity index (χ1v) is 7.21. The Labute approximate surface area is 111 Å². The zero-order valence-corrected chi connectivity index (χ0v) is 11.7. The molecule has 0 saturated carbocycles. The van der Waals surface area contributed by atoms with Gasteiger partial charge in [0, 0.05) is 0 Å². The number of hydrogen-bond donors (Lipinski definition) is 1. The van der Waals surface area contributed by atoms with Crippen LogP contribution in [0, 0.1) is 11.7 Å². The number of nitrogens with one attached hydrogen (secondary N) is 1. The molecule has 0 bridgehead atoms. The summed E-state index contributed by atoms with van der Waals surface area (Å²) in [5.41, 5.74) is 1.25. The Morgan fingerprint density at radius 2 is 1.83 bits per heavy atom. The molecule has 0 saturated heterocycles. The molecule has 102 valence electrons. The standard InChI is InChI=1S/C16H26FN/c1-3-5-6-7-15(13-18-4-2)12-14-8-10-16(17)11-9-14/h8-11,15,18H,3-7,12-13H2,1-2H3. The Balaban J connectivity index is 2.45. The molecule has 1 N–H and O–H groups in total. The summed E-state index contributed by atoms with van der Waals surface area (Å²) in [7, 11) is 0. The zero-order valence-electron chi connectivity index (χ0n) is 11.7. The number of hydrogen-bond acceptors (Lipinski definition) is 1. The van der Waals surface area contributed by atoms with E-state index < -0.39 is 0 Å². The van der Waals surface area contributed by atoms with Gasteiger partial charge in [0.05, 0.1) is 0 Å². The third kappa shape index (κ3) is 6.15. The van der Waals surface area contributed by atoms with Crippen LogP contribution in [-0.4, -0.2) is 13.1 Å². The van der Waals surface area contributed by atoms with E-state index in [1.54, 1.807) is 12.1 Å². The predicted molar refractivity (Wildman–Crippen MR) is 76.3 cm³/mol. The topological polar surface area (TPSA) is 12.0 Å². The van der Waals surface area contributed by atoms with Crippen LogP contribution in [0.5, 0.6) is 0 Å². The van der Waals surface area contributed by atoms with Crippen molar-refractivity contribution in [3.05, 3.63) is 35.6 Å². The Kier molecular flexibility index (Phi) is 7.66. The molecule has 0 aliphatic rings. The fourth-order valence-corrected chi connectivity index (χ4v) is 2.26. The monoisotopic (exact) mass is 251 g/mol. The number of rotatable bonds is 9. The van der Waals surface area contributed by atoms with E-state index in [1.807, 2.05) is 12.1 Å². The quantitative estimate of drug-likeness (QED) is 0.649. The van der Waals surface area contributed by atoms with Crippen LogP contribution in [0.1, 0.15) is 45.1 Å². The van der Waals surface area contributed by atoms with Crippen molar-refractivity contribution in [1.82, 2.24) is 5.32 Å². The lowest BCUT2D eigenvalue weighted by Gasteiger charge is -2.17. The van der Waals surface area contributed by atoms with Crippen molar-refractivity contribution < 1.29 is 4.39 Å². The molecule has 18 heavy (non-hydrogen) atoms. The van der Waals surface area contributed by atoms with Crippen molar-refractivity contribution in [3.63, 3.8) is 0 Å². The molecule has 0 aliphatic carbocycles. The molecule has 2 heteroatoms. The van der Waals surface area contributed by atoms with E-state index in [4.69, 9.17) is 0 Å². The minimum Gasteiger partial charge on any atom is -0.317 e. The van der Waals surface area contributed by atoms with Crippen molar-refractivity contribution >= 4 is 0 Å². The lowest BCUT2D eigenvalue weighted by molar-refractivity contribution is 0.428. The molecule has 0 fully saturated rings. The fourth-order valence-electron chi connectivity index (χ4n) is 2.26. The van der Waals surface area contributed by atoms with Crippen LogP contribution >= 0.6 is 0 Å². The minimum atomic E-state index is -0.145. The van der Waals surface area contributed by atoms with Gasteiger partial charge >= 0.3 is 0 Å². The predicted octanol–water partition coefficient (Wildman–Crippen LogP) is 4.17. The van der Waals surface area contributed by atoms with E-state index in [1.165, 1.54) is 31.2 Å². The van der Waals surface area contributed by atoms with E-state index in [0.29, 0.717) is 5.92 Å². The van der Waals surface area contributed by atoms with Gasteiger partial charge in [-0.2, -0.15) is 0 Å². The third-order valence-electron chi connectivity index (χ3n) is 3.34. The van der Waals surface area contributed by atoms with Gasteiger partial charge < -0.3 is 5.32 Å². The van der Waals surface area contributed by atoms with E-state index in [0.717, 1.165) is 19.5 Å². The molecular formula is C16H26FN. The first kappa shape index (κ1) is 15.2. The van der Waals surface area contributed by atoms with Crippen LogP contribution in [-0.2, 0) is 6.42 Å². The highest BCUT2D eigenvalue weighted by molar-refractivity contribution is 5.16. The second-order valence-electron chi connectivity index (χ2n) is 5.00. The number of halogens is 1. The second-order valence-corrected chi connectivity index (χ2v) is 5.00. The lowest BCUT2D eigenvalue weighted by atomic mass is 9.93. The molecule has 0 aliphatic heterocycles. The van der Waals surface area contributed by atoms with Gasteiger partial charge in [-0.05, 0) is 49.5 Å². The van der Waals surface area contributed by atoms with E-state index in [2.05, 4.69) is 19.2 Å². The van der Waals surface area contributed by atoms with Crippen LogP contribution in [0.15, 0.2) is 24.3 Å². The Hall–Kier alpha value is -0.890. The van der Waals surface area contributed by atoms with Gasteiger partial charge in [-0.25, -0.2) is 4.39 Å². The molecule has 0 aromatic heterocycles. The highest BCUT2D eigenvalue weighted by atomic mass is 19.1. The van der Waals surface area contributed by atoms with Crippen LogP contribution in [0.2, 0.25) is 0 Å². The average molecular weight is 251 g/mol. The second kappa shape index (κ2) is 9.09. The first-order valence-electron chi connectivity index (χ1n) is 7.21. The summed E-state index contributed by atoms with van der Waals surface area (Å²) < 4.78 is 12.9. The Bertz CT molecular complexity index is 307. The van der Waals surface area contributed by atoms with E-state index in [-0.39, 0.29) is 5.82 Å². The van der Waals surface area contributed by atoms with Gasteiger partial charge in [0.1, 0.15) is 5.82 Å². The fraction of sp³-hybridized carbons (Fsp3) is 0.625. The van der Waals surface area contributed by atoms with E-state index >= 15 is 0 Å². The average Bonchev–Trinajstić information content (AvgIpc) is 2.38. The molecule has 1 aromatic rings. The summed E-state index contributed by atoms with van der Waals surface area (Å²) in [6.45, 7) is 6.46. The molecule has 1 atom stereocenters. The van der Waals surface area contributed by atoms with Crippen LogP contribution in [0.25, 0.3) is 0 Å². The van der Waals surface area contributed by atoms with Crippen LogP contribution < -0.4 is 5.32 Å². The zero-order chi connectivity index (χ0) is 13.2. The molecule has 1 nitrogen and oxygen atoms in total. The summed E-state index contributed by atoms with van der Waals surface area (Å²) in [6, 6.07) is 6.94. The normalized spacial score (nSPS) is 12.6. The van der Waals surface area contributed by atoms with Crippen molar-refractivity contribution in [1.29, 1.82) is 0 Å². The largest absolute Gasteiger partial charge is 0.317 e. The smallest absolute Gasteiger partial charge is 0.123 e. The maximum atomic E-state index is 12.9. The number of unbranched alkanes of at least 4 members (excludes halogenated alkanes) is 2. The highest BCUT2D eigenvalue weighted by Gasteiger charge is 2.09. The highest BCUT2D eigenvalue weighted by Crippen LogP contribution is 2.16. The van der Waals surface area contributed by atoms with Crippen LogP contribution in [0.4, 0.5) is 4.39 Å². The number of benzene rings is 1. The molecular weight excluding hydrogens is 225 g/mol. The summed E-state index contributed by atoms with van der Waals surface area (Å²) in [5, 5.41) is 3.43. The van der Waals surface area contributed by atoms with Gasteiger partial charge in [0.25, 0.3) is 0 Å². The van der Waals surface area contributed by atoms with E-state index in [9.17, 15) is 4.39 Å². The molecule has 0 amide bonds. The lowest BCUT2D eigenvalue weighted by Crippen LogP contribution is -2.24. The minimum absolute atomic E-state index is 0.145. The summed E-state index contributed by atoms with van der Waals surface area (Å²) in [4.78, 5) is 0. The first-order chi connectivity index (χ1) is 8.76. The van der Waals surface area contributed by atoms with Crippen LogP contribution in [0.3, 0.4) is 0 Å². The van der Waals surface area contributed by atoms with Crippen molar-refractivity contribution in [3.8, 4) is 0 Å². The Morgan fingerprint density at radius 1 is 1.11 bits per heavy atom. The summed E-state index contributed by atoms with van der Waals surface area (Å²) in [5.74, 6) is 0.523. The van der Waals surface area contributed by atoms with Gasteiger partial charge in [-0.1, -0.05) is 45.2 Å². The van der Waals surface area contributed by atoms with Crippen molar-refractivity contribution in [2.75, 3.05) is 13.1 Å². The molecule has 1 aromatic carbocycles. The molecule has 0 spiro atoms. The Morgan fingerprint density at radius 3 is 2.44 bits per heavy atom. The summed E-state index contributed by atoms with van der Waals surface area (Å²) >= 11 is 0. The van der Waals surface area contributed by atoms with Crippen molar-refractivity contribution in [2.45, 2.75) is 46.0 Å². The summed E-state index contributed by atoms with van der Waals surface area (Å²) in [6.07, 6.45) is 6.19. The maximum absolute atomic E-state index is 12.9. The molecule has 0 radical (unpaired) electrons. The molecule has 1 unspecified atom stereocenters.